The van der Waals surface area contributed by atoms with E-state index in [0.717, 1.165) is 5.15 Å². The molecule has 0 atom stereocenters. The van der Waals surface area contributed by atoms with Gasteiger partial charge in [-0.15, -0.1) is 0 Å². The van der Waals surface area contributed by atoms with Crippen LogP contribution in [0.15, 0.2) is 24.3 Å². The van der Waals surface area contributed by atoms with E-state index in [0.29, 0.717) is 14.7 Å². The molecule has 0 radical (unpaired) electrons. The van der Waals surface area contributed by atoms with Crippen molar-refractivity contribution in [3.05, 3.63) is 29.4 Å². The Morgan fingerprint density at radius 3 is 2.67 bits per heavy atom. The molecule has 4 heteroatoms. The molecule has 0 bridgehead atoms. The van der Waals surface area contributed by atoms with Gasteiger partial charge in [-0.25, -0.2) is 0 Å². The molecule has 0 saturated heterocycles. The molecule has 0 amide bonds. The molecule has 1 heterocycles. The number of nitrogens with zero attached hydrogens (tertiary/aromatic N) is 1. The minimum atomic E-state index is 0. The number of halogens is 2. The van der Waals surface area contributed by atoms with Crippen molar-refractivity contribution in [2.75, 3.05) is 0 Å². The molecule has 2 aromatic rings. The van der Waals surface area contributed by atoms with Crippen LogP contribution >= 0.6 is 11.6 Å². The Bertz CT molecular complexity index is 397. The Kier molecular flexibility index (Phi) is 3.19. The van der Waals surface area contributed by atoms with Crippen molar-refractivity contribution in [1.29, 1.82) is 0 Å². The fourth-order valence-electron chi connectivity index (χ4n) is 1.07. The average molecular weight is 267 g/mol. The van der Waals surface area contributed by atoms with E-state index in [1.54, 1.807) is 0 Å². The third-order valence-corrected chi connectivity index (χ3v) is 4.42. The van der Waals surface area contributed by atoms with E-state index in [2.05, 4.69) is 21.8 Å². The molecule has 1 nitrogen and oxygen atoms in total. The van der Waals surface area contributed by atoms with Gasteiger partial charge in [0.15, 0.2) is 0 Å². The normalized spacial score (nSPS) is 9.83. The van der Waals surface area contributed by atoms with Gasteiger partial charge in [0.1, 0.15) is 0 Å². The monoisotopic (exact) mass is 267 g/mol. The largest absolute Gasteiger partial charge is 1.00 e. The Morgan fingerprint density at radius 1 is 1.33 bits per heavy atom. The first-order chi connectivity index (χ1) is 5.29. The van der Waals surface area contributed by atoms with Crippen LogP contribution in [0, 0.1) is 0 Å². The van der Waals surface area contributed by atoms with E-state index in [1.807, 2.05) is 13.1 Å². The summed E-state index contributed by atoms with van der Waals surface area (Å²) >= 11 is 6.45. The van der Waals surface area contributed by atoms with Gasteiger partial charge in [-0.05, 0) is 0 Å². The molecule has 12 heavy (non-hydrogen) atoms. The van der Waals surface area contributed by atoms with Crippen molar-refractivity contribution >= 4 is 36.0 Å². The van der Waals surface area contributed by atoms with Crippen molar-refractivity contribution in [3.8, 4) is 0 Å². The van der Waals surface area contributed by atoms with Crippen LogP contribution in [0.2, 0.25) is 5.15 Å². The van der Waals surface area contributed by atoms with Crippen molar-refractivity contribution < 1.29 is 16.0 Å². The summed E-state index contributed by atoms with van der Waals surface area (Å²) in [4.78, 5) is 0. The molecule has 0 N–H and O–H groups in total. The fraction of sp³-hybridized carbons (Fsp3) is 0.125. The summed E-state index contributed by atoms with van der Waals surface area (Å²) in [6.07, 6.45) is 0. The van der Waals surface area contributed by atoms with Crippen LogP contribution in [-0.2, 0) is 7.05 Å². The molecule has 0 aliphatic heterocycles. The van der Waals surface area contributed by atoms with Crippen molar-refractivity contribution in [2.45, 2.75) is 0 Å². The van der Waals surface area contributed by atoms with Gasteiger partial charge in [0, 0.05) is 0 Å². The topological polar surface area (TPSA) is 3.88 Å². The first-order valence-electron chi connectivity index (χ1n) is 3.32. The van der Waals surface area contributed by atoms with Gasteiger partial charge in [0.05, 0.1) is 0 Å². The van der Waals surface area contributed by atoms with Crippen molar-refractivity contribution in [3.63, 3.8) is 0 Å². The SMILES string of the molecule is C[n+]1[se]c2ccccc2c1Cl.[Cl-]. The van der Waals surface area contributed by atoms with E-state index in [9.17, 15) is 0 Å². The first kappa shape index (κ1) is 10.1. The number of benzene rings is 1. The maximum absolute atomic E-state index is 6.05. The second-order valence-electron chi connectivity index (χ2n) is 2.38. The van der Waals surface area contributed by atoms with E-state index in [1.165, 1.54) is 9.65 Å². The van der Waals surface area contributed by atoms with Crippen molar-refractivity contribution in [2.24, 2.45) is 7.05 Å². The summed E-state index contributed by atoms with van der Waals surface area (Å²) in [7, 11) is 2.03. The van der Waals surface area contributed by atoms with Crippen LogP contribution in [0.1, 0.15) is 0 Å². The predicted octanol–water partition coefficient (Wildman–Crippen LogP) is -1.62. The third-order valence-electron chi connectivity index (χ3n) is 1.62. The number of fused-ring (bicyclic) bond motifs is 1. The number of hydrogen-bond acceptors (Lipinski definition) is 0. The predicted molar refractivity (Wildman–Crippen MR) is 47.1 cm³/mol. The van der Waals surface area contributed by atoms with Crippen LogP contribution in [0.4, 0.5) is 0 Å². The molecule has 0 unspecified atom stereocenters. The van der Waals surface area contributed by atoms with E-state index >= 15 is 0 Å². The molecule has 0 fully saturated rings. The maximum atomic E-state index is 6.05. The molecule has 0 aliphatic rings. The zero-order chi connectivity index (χ0) is 7.84. The number of aryl methyl sites for hydroxylation is 1. The van der Waals surface area contributed by atoms with Crippen LogP contribution < -0.4 is 16.0 Å². The zero-order valence-corrected chi connectivity index (χ0v) is 9.65. The van der Waals surface area contributed by atoms with E-state index in [4.69, 9.17) is 11.6 Å². The van der Waals surface area contributed by atoms with Crippen molar-refractivity contribution in [1.82, 2.24) is 0 Å². The van der Waals surface area contributed by atoms with Crippen LogP contribution in [0.25, 0.3) is 9.65 Å². The third kappa shape index (κ3) is 1.53. The van der Waals surface area contributed by atoms with Crippen LogP contribution in [0.3, 0.4) is 0 Å². The summed E-state index contributed by atoms with van der Waals surface area (Å²) in [6, 6.07) is 8.30. The Labute approximate surface area is 88.3 Å². The fourth-order valence-corrected chi connectivity index (χ4v) is 3.38. The number of aromatic nitrogens is 1. The Morgan fingerprint density at radius 2 is 2.00 bits per heavy atom. The molecule has 2 rings (SSSR count). The van der Waals surface area contributed by atoms with Gasteiger partial charge in [-0.2, -0.15) is 0 Å². The minimum Gasteiger partial charge on any atom is -1.00 e. The van der Waals surface area contributed by atoms with Gasteiger partial charge in [0.2, 0.25) is 0 Å². The van der Waals surface area contributed by atoms with Gasteiger partial charge in [0.25, 0.3) is 0 Å². The standard InChI is InChI=1S/C8H7ClNSe.ClH/c1-10-8(9)6-4-2-3-5-7(6)11-10;/h2-5H,1H3;1H/q+1;/p-1. The van der Waals surface area contributed by atoms with Gasteiger partial charge >= 0.3 is 76.0 Å². The smallest absolute Gasteiger partial charge is 1.00 e. The van der Waals surface area contributed by atoms with Crippen LogP contribution in [-0.4, -0.2) is 14.7 Å². The number of rotatable bonds is 0. The molecule has 1 aromatic carbocycles. The maximum Gasteiger partial charge on any atom is -1.00 e. The second-order valence-corrected chi connectivity index (χ2v) is 5.19. The quantitative estimate of drug-likeness (QED) is 0.505. The molecule has 1 aromatic heterocycles. The summed E-state index contributed by atoms with van der Waals surface area (Å²) in [5.41, 5.74) is 0. The second kappa shape index (κ2) is 3.80. The van der Waals surface area contributed by atoms with E-state index < -0.39 is 0 Å². The minimum absolute atomic E-state index is 0. The van der Waals surface area contributed by atoms with Gasteiger partial charge < -0.3 is 12.4 Å². The number of hydrogen-bond donors (Lipinski definition) is 0. The Hall–Kier alpha value is -0.0105. The summed E-state index contributed by atoms with van der Waals surface area (Å²) < 4.78 is 3.49. The molecule has 0 aliphatic carbocycles. The molecular formula is C8H7Cl2NSe. The summed E-state index contributed by atoms with van der Waals surface area (Å²) in [6.45, 7) is 0. The molecule has 0 spiro atoms. The van der Waals surface area contributed by atoms with E-state index in [-0.39, 0.29) is 12.4 Å². The summed E-state index contributed by atoms with van der Waals surface area (Å²) in [5.74, 6) is 0. The molecule has 64 valence electrons. The zero-order valence-electron chi connectivity index (χ0n) is 6.42. The average Bonchev–Trinajstić information content (AvgIpc) is 2.30. The van der Waals surface area contributed by atoms with Gasteiger partial charge in [-0.3, -0.25) is 0 Å². The first-order valence-corrected chi connectivity index (χ1v) is 5.32. The summed E-state index contributed by atoms with van der Waals surface area (Å²) in [5, 5.41) is 2.09. The van der Waals surface area contributed by atoms with Crippen LogP contribution in [0.5, 0.6) is 0 Å². The molecular weight excluding hydrogens is 260 g/mol. The van der Waals surface area contributed by atoms with Gasteiger partial charge in [-0.1, -0.05) is 0 Å². The molecule has 0 saturated carbocycles. The Balaban J connectivity index is 0.000000720.